The first-order chi connectivity index (χ1) is 18.0. The largest absolute Gasteiger partial charge is 0.508 e. The number of aryl methyl sites for hydroxylation is 1. The van der Waals surface area contributed by atoms with Gasteiger partial charge in [-0.15, -0.1) is 0 Å². The highest BCUT2D eigenvalue weighted by Crippen LogP contribution is 2.33. The minimum Gasteiger partial charge on any atom is -0.508 e. The molecular formula is C25H26F2N6O5. The summed E-state index contributed by atoms with van der Waals surface area (Å²) in [6.45, 7) is 1.59. The Morgan fingerprint density at radius 3 is 2.53 bits per heavy atom. The first-order valence-corrected chi connectivity index (χ1v) is 11.3. The van der Waals surface area contributed by atoms with E-state index in [0.29, 0.717) is 5.69 Å². The van der Waals surface area contributed by atoms with Crippen LogP contribution in [0.5, 0.6) is 17.2 Å². The summed E-state index contributed by atoms with van der Waals surface area (Å²) < 4.78 is 26.5. The van der Waals surface area contributed by atoms with Crippen LogP contribution in [0, 0.1) is 12.3 Å². The highest BCUT2D eigenvalue weighted by molar-refractivity contribution is 6.46. The number of phenolic OH excluding ortho intramolecular Hbond substituents is 3. The molecule has 0 spiro atoms. The van der Waals surface area contributed by atoms with Crippen LogP contribution in [0.2, 0.25) is 0 Å². The molecule has 0 aliphatic heterocycles. The van der Waals surface area contributed by atoms with E-state index in [9.17, 15) is 33.7 Å². The number of carbonyl (C=O) groups excluding carboxylic acids is 2. The number of halogens is 2. The molecule has 0 radical (unpaired) electrons. The van der Waals surface area contributed by atoms with Crippen molar-refractivity contribution in [2.24, 2.45) is 4.99 Å². The maximum atomic E-state index is 13.3. The maximum Gasteiger partial charge on any atom is 0.282 e. The molecular weight excluding hydrogens is 502 g/mol. The fraction of sp³-hybridized carbons (Fsp3) is 0.240. The lowest BCUT2D eigenvalue weighted by Crippen LogP contribution is -2.27. The lowest BCUT2D eigenvalue weighted by Gasteiger charge is -2.14. The van der Waals surface area contributed by atoms with Gasteiger partial charge in [-0.05, 0) is 38.0 Å². The van der Waals surface area contributed by atoms with E-state index in [1.807, 2.05) is 0 Å². The van der Waals surface area contributed by atoms with E-state index in [1.54, 1.807) is 19.1 Å². The van der Waals surface area contributed by atoms with Crippen LogP contribution in [0.3, 0.4) is 0 Å². The summed E-state index contributed by atoms with van der Waals surface area (Å²) in [5, 5.41) is 49.4. The molecule has 0 aliphatic carbocycles. The summed E-state index contributed by atoms with van der Waals surface area (Å²) >= 11 is 0. The van der Waals surface area contributed by atoms with Crippen LogP contribution in [0.4, 0.5) is 20.2 Å². The van der Waals surface area contributed by atoms with Gasteiger partial charge in [-0.25, -0.2) is 13.8 Å². The summed E-state index contributed by atoms with van der Waals surface area (Å²) in [6, 6.07) is 7.88. The van der Waals surface area contributed by atoms with E-state index in [0.717, 1.165) is 12.1 Å². The van der Waals surface area contributed by atoms with Gasteiger partial charge in [-0.3, -0.25) is 14.7 Å². The SMILES string of the molecule is CNC(=O)c1cc(O)cc(O)c1NC(=O)C(CC(=N)CCc1c(C(F)F)n[nH]c1C)=Nc1ccccc1O. The summed E-state index contributed by atoms with van der Waals surface area (Å²) in [5.74, 6) is -2.86. The minimum atomic E-state index is -2.79. The molecule has 1 heterocycles. The maximum absolute atomic E-state index is 13.3. The number of hydrogen-bond acceptors (Lipinski definition) is 8. The van der Waals surface area contributed by atoms with Gasteiger partial charge in [-0.1, -0.05) is 12.1 Å². The Labute approximate surface area is 215 Å². The first-order valence-electron chi connectivity index (χ1n) is 11.3. The number of benzene rings is 2. The molecule has 0 atom stereocenters. The molecule has 11 nitrogen and oxygen atoms in total. The Bertz CT molecular complexity index is 1400. The minimum absolute atomic E-state index is 0.00111. The lowest BCUT2D eigenvalue weighted by molar-refractivity contribution is -0.110. The van der Waals surface area contributed by atoms with E-state index in [4.69, 9.17) is 5.41 Å². The average Bonchev–Trinajstić information content (AvgIpc) is 3.24. The van der Waals surface area contributed by atoms with Crippen molar-refractivity contribution in [2.45, 2.75) is 32.6 Å². The van der Waals surface area contributed by atoms with Crippen molar-refractivity contribution in [1.82, 2.24) is 15.5 Å². The third kappa shape index (κ3) is 6.49. The number of aromatic nitrogens is 2. The Kier molecular flexibility index (Phi) is 8.73. The molecule has 0 unspecified atom stereocenters. The Balaban J connectivity index is 1.90. The van der Waals surface area contributed by atoms with Crippen molar-refractivity contribution in [3.05, 3.63) is 58.9 Å². The molecule has 7 N–H and O–H groups in total. The van der Waals surface area contributed by atoms with E-state index in [2.05, 4.69) is 25.8 Å². The second-order valence-corrected chi connectivity index (χ2v) is 8.26. The van der Waals surface area contributed by atoms with E-state index < -0.39 is 35.4 Å². The Hall–Kier alpha value is -4.81. The molecule has 0 saturated heterocycles. The molecule has 0 saturated carbocycles. The quantitative estimate of drug-likeness (QED) is 0.119. The van der Waals surface area contributed by atoms with Crippen LogP contribution < -0.4 is 10.6 Å². The van der Waals surface area contributed by atoms with Crippen molar-refractivity contribution >= 4 is 34.6 Å². The lowest BCUT2D eigenvalue weighted by atomic mass is 10.0. The van der Waals surface area contributed by atoms with Crippen LogP contribution in [0.15, 0.2) is 41.4 Å². The molecule has 38 heavy (non-hydrogen) atoms. The second kappa shape index (κ2) is 12.0. The molecule has 3 aromatic rings. The molecule has 1 aromatic heterocycles. The van der Waals surface area contributed by atoms with Crippen molar-refractivity contribution in [3.63, 3.8) is 0 Å². The second-order valence-electron chi connectivity index (χ2n) is 8.26. The van der Waals surface area contributed by atoms with E-state index in [1.165, 1.54) is 19.2 Å². The van der Waals surface area contributed by atoms with Gasteiger partial charge in [0.15, 0.2) is 0 Å². The topological polar surface area (TPSA) is 184 Å². The van der Waals surface area contributed by atoms with Gasteiger partial charge in [0.05, 0.1) is 11.3 Å². The van der Waals surface area contributed by atoms with Crippen LogP contribution in [0.25, 0.3) is 0 Å². The number of aliphatic imine (C=N–C) groups is 1. The smallest absolute Gasteiger partial charge is 0.282 e. The van der Waals surface area contributed by atoms with Gasteiger partial charge in [0.25, 0.3) is 18.2 Å². The highest BCUT2D eigenvalue weighted by Gasteiger charge is 2.23. The third-order valence-corrected chi connectivity index (χ3v) is 5.58. The van der Waals surface area contributed by atoms with Gasteiger partial charge in [-0.2, -0.15) is 5.10 Å². The number of H-pyrrole nitrogens is 1. The first kappa shape index (κ1) is 27.8. The normalized spacial score (nSPS) is 11.4. The van der Waals surface area contributed by atoms with Gasteiger partial charge >= 0.3 is 0 Å². The Morgan fingerprint density at radius 1 is 1.16 bits per heavy atom. The summed E-state index contributed by atoms with van der Waals surface area (Å²) in [6.07, 6.45) is -3.07. The average molecular weight is 529 g/mol. The van der Waals surface area contributed by atoms with Crippen LogP contribution in [-0.4, -0.2) is 55.8 Å². The molecule has 3 rings (SSSR count). The van der Waals surface area contributed by atoms with Crippen LogP contribution in [-0.2, 0) is 11.2 Å². The number of anilines is 1. The fourth-order valence-electron chi connectivity index (χ4n) is 3.65. The number of alkyl halides is 2. The van der Waals surface area contributed by atoms with Crippen LogP contribution >= 0.6 is 0 Å². The van der Waals surface area contributed by atoms with Crippen molar-refractivity contribution < 1.29 is 33.7 Å². The predicted molar refractivity (Wildman–Crippen MR) is 136 cm³/mol. The number of hydrogen-bond donors (Lipinski definition) is 7. The Morgan fingerprint density at radius 2 is 1.87 bits per heavy atom. The van der Waals surface area contributed by atoms with Crippen molar-refractivity contribution in [1.29, 1.82) is 5.41 Å². The molecule has 200 valence electrons. The highest BCUT2D eigenvalue weighted by atomic mass is 19.3. The number of nitrogens with one attached hydrogen (secondary N) is 4. The van der Waals surface area contributed by atoms with Gasteiger partial charge < -0.3 is 31.4 Å². The number of carbonyl (C=O) groups is 2. The number of phenols is 3. The third-order valence-electron chi connectivity index (χ3n) is 5.58. The monoisotopic (exact) mass is 528 g/mol. The molecule has 0 aliphatic rings. The summed E-state index contributed by atoms with van der Waals surface area (Å²) in [5.41, 5.74) is -0.486. The molecule has 2 aromatic carbocycles. The number of nitrogens with zero attached hydrogens (tertiary/aromatic N) is 2. The zero-order valence-electron chi connectivity index (χ0n) is 20.5. The van der Waals surface area contributed by atoms with E-state index in [-0.39, 0.29) is 58.9 Å². The van der Waals surface area contributed by atoms with Crippen LogP contribution in [0.1, 0.15) is 46.6 Å². The van der Waals surface area contributed by atoms with Crippen molar-refractivity contribution in [3.8, 4) is 17.2 Å². The number of para-hydroxylation sites is 2. The summed E-state index contributed by atoms with van der Waals surface area (Å²) in [4.78, 5) is 29.7. The molecule has 13 heteroatoms. The zero-order chi connectivity index (χ0) is 28.0. The molecule has 2 amide bonds. The molecule has 0 fully saturated rings. The number of amides is 2. The van der Waals surface area contributed by atoms with Gasteiger partial charge in [0.2, 0.25) is 0 Å². The molecule has 0 bridgehead atoms. The number of rotatable bonds is 10. The fourth-order valence-corrected chi connectivity index (χ4v) is 3.65. The van der Waals surface area contributed by atoms with Gasteiger partial charge in [0.1, 0.15) is 34.3 Å². The number of aromatic amines is 1. The predicted octanol–water partition coefficient (Wildman–Crippen LogP) is 3.89. The van der Waals surface area contributed by atoms with Gasteiger partial charge in [0, 0.05) is 36.5 Å². The zero-order valence-corrected chi connectivity index (χ0v) is 20.5. The van der Waals surface area contributed by atoms with E-state index >= 15 is 0 Å². The standard InChI is InChI=1S/C25H26F2N6O5/c1-12-15(22(23(26)27)33-32-12)8-7-13(28)9-18(30-17-5-3-4-6-19(17)35)25(38)31-21-16(24(37)29-2)10-14(34)11-20(21)36/h3-6,10-11,23,28,34-36H,7-9H2,1-2H3,(H,29,37)(H,31,38)(H,32,33). The van der Waals surface area contributed by atoms with Crippen molar-refractivity contribution in [2.75, 3.05) is 12.4 Å². The number of aromatic hydroxyl groups is 3. The summed E-state index contributed by atoms with van der Waals surface area (Å²) in [7, 11) is 1.32.